The summed E-state index contributed by atoms with van der Waals surface area (Å²) in [6, 6.07) is 6.69. The first-order valence-electron chi connectivity index (χ1n) is 11.4. The highest BCUT2D eigenvalue weighted by atomic mass is 32.2. The van der Waals surface area contributed by atoms with Crippen LogP contribution in [0.2, 0.25) is 0 Å². The minimum atomic E-state index is -3.42. The SMILES string of the molecule is CCS(=O)(=O)Nc1ccc2c(c1)N1CCC(C/C=C/CCNc3nccc(n3)NC2=O)CC1. The van der Waals surface area contributed by atoms with E-state index in [9.17, 15) is 13.2 Å². The Morgan fingerprint density at radius 2 is 2.00 bits per heavy atom. The molecule has 0 atom stereocenters. The van der Waals surface area contributed by atoms with Crippen LogP contribution in [0.25, 0.3) is 0 Å². The standard InChI is InChI=1S/C23H30N6O3S/c1-2-33(31,32)28-18-7-8-19-20(16-18)29-14-10-17(11-15-29)6-4-3-5-12-24-23-25-13-9-21(27-23)26-22(19)30/h3-4,7-9,13,16-17,28H,2,5-6,10-12,14-15H2,1H3,(H2,24,25,26,27,30)/b4-3+. The molecule has 1 amide bonds. The van der Waals surface area contributed by atoms with Crippen molar-refractivity contribution < 1.29 is 13.2 Å². The van der Waals surface area contributed by atoms with Gasteiger partial charge in [0, 0.05) is 25.8 Å². The van der Waals surface area contributed by atoms with Gasteiger partial charge in [0.1, 0.15) is 5.82 Å². The number of rotatable bonds is 3. The number of amides is 1. The number of nitrogens with zero attached hydrogens (tertiary/aromatic N) is 3. The first kappa shape index (κ1) is 23.0. The van der Waals surface area contributed by atoms with Crippen LogP contribution in [0.1, 0.15) is 43.0 Å². The molecule has 0 saturated carbocycles. The first-order valence-corrected chi connectivity index (χ1v) is 13.0. The number of benzene rings is 1. The summed E-state index contributed by atoms with van der Waals surface area (Å²) < 4.78 is 26.8. The summed E-state index contributed by atoms with van der Waals surface area (Å²) >= 11 is 0. The van der Waals surface area contributed by atoms with Crippen LogP contribution in [0.4, 0.5) is 23.1 Å². The highest BCUT2D eigenvalue weighted by molar-refractivity contribution is 7.92. The molecule has 4 heterocycles. The summed E-state index contributed by atoms with van der Waals surface area (Å²) in [5, 5.41) is 6.04. The fourth-order valence-corrected chi connectivity index (χ4v) is 4.71. The Morgan fingerprint density at radius 1 is 1.18 bits per heavy atom. The van der Waals surface area contributed by atoms with Gasteiger partial charge in [-0.15, -0.1) is 0 Å². The first-order chi connectivity index (χ1) is 15.9. The van der Waals surface area contributed by atoms with Crippen molar-refractivity contribution in [1.29, 1.82) is 0 Å². The largest absolute Gasteiger partial charge is 0.371 e. The van der Waals surface area contributed by atoms with E-state index >= 15 is 0 Å². The van der Waals surface area contributed by atoms with Gasteiger partial charge in [0.25, 0.3) is 5.91 Å². The lowest BCUT2D eigenvalue weighted by molar-refractivity contribution is 0.102. The number of anilines is 4. The van der Waals surface area contributed by atoms with Gasteiger partial charge < -0.3 is 15.5 Å². The van der Waals surface area contributed by atoms with Crippen LogP contribution in [0, 0.1) is 5.92 Å². The molecule has 0 aliphatic carbocycles. The van der Waals surface area contributed by atoms with Crippen molar-refractivity contribution in [1.82, 2.24) is 9.97 Å². The van der Waals surface area contributed by atoms with Gasteiger partial charge in [0.2, 0.25) is 16.0 Å². The van der Waals surface area contributed by atoms with Crippen molar-refractivity contribution in [2.75, 3.05) is 45.6 Å². The van der Waals surface area contributed by atoms with Crippen molar-refractivity contribution in [3.63, 3.8) is 0 Å². The fourth-order valence-electron chi connectivity index (χ4n) is 4.08. The Labute approximate surface area is 194 Å². The normalized spacial score (nSPS) is 18.6. The van der Waals surface area contributed by atoms with Crippen LogP contribution in [-0.2, 0) is 10.0 Å². The lowest BCUT2D eigenvalue weighted by Crippen LogP contribution is -2.35. The summed E-state index contributed by atoms with van der Waals surface area (Å²) in [7, 11) is -3.42. The van der Waals surface area contributed by atoms with Crippen LogP contribution in [0.15, 0.2) is 42.6 Å². The molecular formula is C23H30N6O3S. The predicted octanol–water partition coefficient (Wildman–Crippen LogP) is 3.47. The number of carbonyl (C=O) groups is 1. The summed E-state index contributed by atoms with van der Waals surface area (Å²) in [6.07, 6.45) is 9.97. The van der Waals surface area contributed by atoms with Crippen molar-refractivity contribution in [2.24, 2.45) is 5.92 Å². The minimum Gasteiger partial charge on any atom is -0.371 e. The van der Waals surface area contributed by atoms with E-state index in [2.05, 4.69) is 42.4 Å². The van der Waals surface area contributed by atoms with Crippen LogP contribution >= 0.6 is 0 Å². The number of aromatic nitrogens is 2. The smallest absolute Gasteiger partial charge is 0.258 e. The lowest BCUT2D eigenvalue weighted by Gasteiger charge is -2.34. The maximum Gasteiger partial charge on any atom is 0.258 e. The summed E-state index contributed by atoms with van der Waals surface area (Å²) in [4.78, 5) is 24.0. The van der Waals surface area contributed by atoms with Crippen molar-refractivity contribution >= 4 is 39.1 Å². The quantitative estimate of drug-likeness (QED) is 0.588. The second kappa shape index (κ2) is 10.2. The van der Waals surface area contributed by atoms with E-state index in [1.165, 1.54) is 0 Å². The van der Waals surface area contributed by atoms with E-state index in [0.717, 1.165) is 44.5 Å². The molecule has 3 N–H and O–H groups in total. The number of carbonyl (C=O) groups excluding carboxylic acids is 1. The molecule has 0 radical (unpaired) electrons. The lowest BCUT2D eigenvalue weighted by atomic mass is 9.92. The number of sulfonamides is 1. The van der Waals surface area contributed by atoms with E-state index < -0.39 is 10.0 Å². The molecule has 4 bridgehead atoms. The maximum atomic E-state index is 13.2. The molecular weight excluding hydrogens is 440 g/mol. The van der Waals surface area contributed by atoms with Crippen LogP contribution < -0.4 is 20.3 Å². The molecule has 1 fully saturated rings. The molecule has 0 unspecified atom stereocenters. The predicted molar refractivity (Wildman–Crippen MR) is 131 cm³/mol. The van der Waals surface area contributed by atoms with Crippen molar-refractivity contribution in [3.05, 3.63) is 48.2 Å². The number of piperidine rings is 1. The third-order valence-electron chi connectivity index (χ3n) is 5.98. The number of hydrogen-bond acceptors (Lipinski definition) is 7. The second-order valence-electron chi connectivity index (χ2n) is 8.31. The third kappa shape index (κ3) is 6.01. The number of nitrogens with one attached hydrogen (secondary N) is 3. The van der Waals surface area contributed by atoms with Crippen LogP contribution in [0.3, 0.4) is 0 Å². The van der Waals surface area contributed by atoms with E-state index in [-0.39, 0.29) is 11.7 Å². The average molecular weight is 471 g/mol. The molecule has 3 aliphatic rings. The van der Waals surface area contributed by atoms with E-state index in [1.54, 1.807) is 37.4 Å². The molecule has 10 heteroatoms. The van der Waals surface area contributed by atoms with Crippen LogP contribution in [0.5, 0.6) is 0 Å². The van der Waals surface area contributed by atoms with Gasteiger partial charge in [-0.2, -0.15) is 4.98 Å². The van der Waals surface area contributed by atoms with Gasteiger partial charge in [-0.1, -0.05) is 12.2 Å². The second-order valence-corrected chi connectivity index (χ2v) is 10.3. The average Bonchev–Trinajstić information content (AvgIpc) is 2.81. The maximum absolute atomic E-state index is 13.2. The van der Waals surface area contributed by atoms with Crippen molar-refractivity contribution in [2.45, 2.75) is 32.6 Å². The monoisotopic (exact) mass is 470 g/mol. The molecule has 1 saturated heterocycles. The van der Waals surface area contributed by atoms with Gasteiger partial charge in [0.15, 0.2) is 0 Å². The molecule has 1 aromatic carbocycles. The Bertz CT molecular complexity index is 1130. The highest BCUT2D eigenvalue weighted by Crippen LogP contribution is 2.31. The summed E-state index contributed by atoms with van der Waals surface area (Å²) in [6.45, 7) is 3.92. The van der Waals surface area contributed by atoms with Gasteiger partial charge >= 0.3 is 0 Å². The Morgan fingerprint density at radius 3 is 2.79 bits per heavy atom. The van der Waals surface area contributed by atoms with Crippen molar-refractivity contribution in [3.8, 4) is 0 Å². The Balaban J connectivity index is 1.68. The molecule has 33 heavy (non-hydrogen) atoms. The Kier molecular flexibility index (Phi) is 7.12. The summed E-state index contributed by atoms with van der Waals surface area (Å²) in [5.41, 5.74) is 1.65. The van der Waals surface area contributed by atoms with Gasteiger partial charge in [0.05, 0.1) is 22.7 Å². The van der Waals surface area contributed by atoms with Gasteiger partial charge in [-0.3, -0.25) is 9.52 Å². The van der Waals surface area contributed by atoms with E-state index in [1.807, 2.05) is 0 Å². The van der Waals surface area contributed by atoms with E-state index in [0.29, 0.717) is 35.5 Å². The molecule has 3 aliphatic heterocycles. The molecule has 0 spiro atoms. The molecule has 5 rings (SSSR count). The molecule has 1 aromatic heterocycles. The Hall–Kier alpha value is -3.14. The molecule has 176 valence electrons. The number of allylic oxidation sites excluding steroid dienone is 1. The zero-order valence-electron chi connectivity index (χ0n) is 18.8. The van der Waals surface area contributed by atoms with Gasteiger partial charge in [-0.05, 0) is 62.8 Å². The minimum absolute atomic E-state index is 0.0203. The zero-order chi connectivity index (χ0) is 23.3. The van der Waals surface area contributed by atoms with Gasteiger partial charge in [-0.25, -0.2) is 13.4 Å². The number of hydrogen-bond donors (Lipinski definition) is 3. The van der Waals surface area contributed by atoms with E-state index in [4.69, 9.17) is 0 Å². The summed E-state index contributed by atoms with van der Waals surface area (Å²) in [5.74, 6) is 1.14. The fraction of sp³-hybridized carbons (Fsp3) is 0.435. The van der Waals surface area contributed by atoms with Crippen LogP contribution in [-0.4, -0.2) is 49.7 Å². The third-order valence-corrected chi connectivity index (χ3v) is 7.29. The number of fused-ring (bicyclic) bond motifs is 7. The highest BCUT2D eigenvalue weighted by Gasteiger charge is 2.24. The zero-order valence-corrected chi connectivity index (χ0v) is 19.6. The molecule has 2 aromatic rings. The topological polar surface area (TPSA) is 116 Å². The molecule has 9 nitrogen and oxygen atoms in total.